The molecule has 0 N–H and O–H groups in total. The number of nitrogens with zero attached hydrogens (tertiary/aromatic N) is 2. The lowest BCUT2D eigenvalue weighted by molar-refractivity contribution is -0.130. The third-order valence-corrected chi connectivity index (χ3v) is 3.87. The van der Waals surface area contributed by atoms with Gasteiger partial charge in [-0.1, -0.05) is 29.4 Å². The van der Waals surface area contributed by atoms with Crippen molar-refractivity contribution in [2.24, 2.45) is 0 Å². The van der Waals surface area contributed by atoms with Gasteiger partial charge in [0.25, 0.3) is 0 Å². The molecule has 2 rings (SSSR count). The van der Waals surface area contributed by atoms with Gasteiger partial charge in [-0.05, 0) is 38.8 Å². The summed E-state index contributed by atoms with van der Waals surface area (Å²) in [4.78, 5) is 14.4. The van der Waals surface area contributed by atoms with Crippen LogP contribution in [0.25, 0.3) is 0 Å². The number of benzene rings is 1. The summed E-state index contributed by atoms with van der Waals surface area (Å²) in [6.45, 7) is 9.13. The SMILES string of the molecule is CCN(Cc1ccccc1C)C(=O)Cc1c(C)noc1C. The Balaban J connectivity index is 2.11. The lowest BCUT2D eigenvalue weighted by atomic mass is 10.1. The molecule has 0 aliphatic heterocycles. The standard InChI is InChI=1S/C17H22N2O2/c1-5-19(11-15-9-7-6-8-12(15)2)17(20)10-16-13(3)18-21-14(16)4/h6-9H,5,10-11H2,1-4H3. The number of hydrogen-bond donors (Lipinski definition) is 0. The Bertz CT molecular complexity index is 612. The molecule has 1 amide bonds. The van der Waals surface area contributed by atoms with Gasteiger partial charge in [0, 0.05) is 18.7 Å². The quantitative estimate of drug-likeness (QED) is 0.848. The average Bonchev–Trinajstić information content (AvgIpc) is 2.78. The van der Waals surface area contributed by atoms with Crippen LogP contribution in [0.3, 0.4) is 0 Å². The van der Waals surface area contributed by atoms with Crippen molar-refractivity contribution >= 4 is 5.91 Å². The van der Waals surface area contributed by atoms with Crippen LogP contribution < -0.4 is 0 Å². The van der Waals surface area contributed by atoms with Crippen molar-refractivity contribution in [3.05, 3.63) is 52.4 Å². The second kappa shape index (κ2) is 6.57. The fourth-order valence-corrected chi connectivity index (χ4v) is 2.39. The molecule has 1 aromatic carbocycles. The highest BCUT2D eigenvalue weighted by Crippen LogP contribution is 2.16. The number of carbonyl (C=O) groups is 1. The van der Waals surface area contributed by atoms with Crippen LogP contribution >= 0.6 is 0 Å². The number of rotatable bonds is 5. The highest BCUT2D eigenvalue weighted by molar-refractivity contribution is 5.79. The van der Waals surface area contributed by atoms with Crippen LogP contribution in [0.15, 0.2) is 28.8 Å². The summed E-state index contributed by atoms with van der Waals surface area (Å²) < 4.78 is 5.13. The summed E-state index contributed by atoms with van der Waals surface area (Å²) in [5, 5.41) is 3.91. The number of aromatic nitrogens is 1. The third-order valence-electron chi connectivity index (χ3n) is 3.87. The second-order valence-corrected chi connectivity index (χ2v) is 5.31. The maximum absolute atomic E-state index is 12.5. The minimum Gasteiger partial charge on any atom is -0.361 e. The molecule has 0 aliphatic carbocycles. The zero-order chi connectivity index (χ0) is 15.4. The minimum atomic E-state index is 0.107. The van der Waals surface area contributed by atoms with E-state index in [1.165, 1.54) is 11.1 Å². The molecule has 0 unspecified atom stereocenters. The molecule has 0 saturated heterocycles. The molecule has 1 heterocycles. The van der Waals surface area contributed by atoms with Gasteiger partial charge < -0.3 is 9.42 Å². The van der Waals surface area contributed by atoms with Crippen LogP contribution in [0.2, 0.25) is 0 Å². The molecule has 0 spiro atoms. The largest absolute Gasteiger partial charge is 0.361 e. The van der Waals surface area contributed by atoms with E-state index < -0.39 is 0 Å². The van der Waals surface area contributed by atoms with Gasteiger partial charge in [0.1, 0.15) is 5.76 Å². The fourth-order valence-electron chi connectivity index (χ4n) is 2.39. The normalized spacial score (nSPS) is 10.7. The number of aryl methyl sites for hydroxylation is 3. The molecule has 4 nitrogen and oxygen atoms in total. The van der Waals surface area contributed by atoms with Crippen molar-refractivity contribution < 1.29 is 9.32 Å². The zero-order valence-electron chi connectivity index (χ0n) is 13.1. The monoisotopic (exact) mass is 286 g/mol. The molecule has 0 bridgehead atoms. The lowest BCUT2D eigenvalue weighted by Gasteiger charge is -2.22. The van der Waals surface area contributed by atoms with Crippen LogP contribution in [0, 0.1) is 20.8 Å². The van der Waals surface area contributed by atoms with Crippen molar-refractivity contribution in [3.8, 4) is 0 Å². The summed E-state index contributed by atoms with van der Waals surface area (Å²) in [6.07, 6.45) is 0.348. The van der Waals surface area contributed by atoms with Gasteiger partial charge in [0.2, 0.25) is 5.91 Å². The first-order valence-corrected chi connectivity index (χ1v) is 7.27. The molecular weight excluding hydrogens is 264 g/mol. The molecule has 2 aromatic rings. The Morgan fingerprint density at radius 2 is 1.95 bits per heavy atom. The van der Waals surface area contributed by atoms with Gasteiger partial charge in [0.15, 0.2) is 0 Å². The first kappa shape index (κ1) is 15.3. The Morgan fingerprint density at radius 3 is 2.52 bits per heavy atom. The van der Waals surface area contributed by atoms with Crippen LogP contribution in [-0.4, -0.2) is 22.5 Å². The Morgan fingerprint density at radius 1 is 1.24 bits per heavy atom. The maximum atomic E-state index is 12.5. The summed E-state index contributed by atoms with van der Waals surface area (Å²) in [5.74, 6) is 0.836. The van der Waals surface area contributed by atoms with Crippen molar-refractivity contribution in [1.82, 2.24) is 10.1 Å². The molecule has 0 saturated carbocycles. The van der Waals surface area contributed by atoms with E-state index in [1.807, 2.05) is 37.8 Å². The molecule has 0 radical (unpaired) electrons. The van der Waals surface area contributed by atoms with Crippen molar-refractivity contribution in [2.45, 2.75) is 40.7 Å². The summed E-state index contributed by atoms with van der Waals surface area (Å²) in [7, 11) is 0. The molecule has 0 atom stereocenters. The first-order valence-electron chi connectivity index (χ1n) is 7.27. The summed E-state index contributed by atoms with van der Waals surface area (Å²) in [5.41, 5.74) is 4.10. The van der Waals surface area contributed by atoms with E-state index in [9.17, 15) is 4.79 Å². The van der Waals surface area contributed by atoms with E-state index in [4.69, 9.17) is 4.52 Å². The molecule has 21 heavy (non-hydrogen) atoms. The molecular formula is C17H22N2O2. The number of likely N-dealkylation sites (N-methyl/N-ethyl adjacent to an activating group) is 1. The molecule has 0 aliphatic rings. The van der Waals surface area contributed by atoms with E-state index >= 15 is 0 Å². The zero-order valence-corrected chi connectivity index (χ0v) is 13.1. The molecule has 4 heteroatoms. The Labute approximate surface area is 125 Å². The highest BCUT2D eigenvalue weighted by atomic mass is 16.5. The van der Waals surface area contributed by atoms with Gasteiger partial charge in [-0.2, -0.15) is 0 Å². The van der Waals surface area contributed by atoms with E-state index in [0.717, 1.165) is 17.0 Å². The summed E-state index contributed by atoms with van der Waals surface area (Å²) >= 11 is 0. The number of amides is 1. The van der Waals surface area contributed by atoms with E-state index in [0.29, 0.717) is 19.5 Å². The minimum absolute atomic E-state index is 0.107. The molecule has 1 aromatic heterocycles. The van der Waals surface area contributed by atoms with Crippen LogP contribution in [0.4, 0.5) is 0 Å². The second-order valence-electron chi connectivity index (χ2n) is 5.31. The van der Waals surface area contributed by atoms with E-state index in [1.54, 1.807) is 0 Å². The maximum Gasteiger partial charge on any atom is 0.227 e. The first-order chi connectivity index (χ1) is 10.0. The smallest absolute Gasteiger partial charge is 0.227 e. The van der Waals surface area contributed by atoms with Crippen LogP contribution in [0.5, 0.6) is 0 Å². The lowest BCUT2D eigenvalue weighted by Crippen LogP contribution is -2.32. The predicted molar refractivity (Wildman–Crippen MR) is 82.0 cm³/mol. The number of hydrogen-bond acceptors (Lipinski definition) is 3. The van der Waals surface area contributed by atoms with Gasteiger partial charge in [-0.25, -0.2) is 0 Å². The van der Waals surface area contributed by atoms with Crippen molar-refractivity contribution in [1.29, 1.82) is 0 Å². The Kier molecular flexibility index (Phi) is 4.78. The highest BCUT2D eigenvalue weighted by Gasteiger charge is 2.18. The van der Waals surface area contributed by atoms with Crippen molar-refractivity contribution in [2.75, 3.05) is 6.54 Å². The Hall–Kier alpha value is -2.10. The average molecular weight is 286 g/mol. The van der Waals surface area contributed by atoms with E-state index in [-0.39, 0.29) is 5.91 Å². The van der Waals surface area contributed by atoms with Gasteiger partial charge in [-0.3, -0.25) is 4.79 Å². The van der Waals surface area contributed by atoms with Gasteiger partial charge >= 0.3 is 0 Å². The van der Waals surface area contributed by atoms with Crippen LogP contribution in [0.1, 0.15) is 35.1 Å². The predicted octanol–water partition coefficient (Wildman–Crippen LogP) is 3.19. The molecule has 0 fully saturated rings. The van der Waals surface area contributed by atoms with Gasteiger partial charge in [0.05, 0.1) is 12.1 Å². The third kappa shape index (κ3) is 3.51. The van der Waals surface area contributed by atoms with Crippen LogP contribution in [-0.2, 0) is 17.8 Å². The van der Waals surface area contributed by atoms with Crippen molar-refractivity contribution in [3.63, 3.8) is 0 Å². The molecule has 112 valence electrons. The van der Waals surface area contributed by atoms with Gasteiger partial charge in [-0.15, -0.1) is 0 Å². The number of carbonyl (C=O) groups excluding carboxylic acids is 1. The topological polar surface area (TPSA) is 46.3 Å². The van der Waals surface area contributed by atoms with E-state index in [2.05, 4.69) is 24.2 Å². The fraction of sp³-hybridized carbons (Fsp3) is 0.412. The summed E-state index contributed by atoms with van der Waals surface area (Å²) in [6, 6.07) is 8.17.